The summed E-state index contributed by atoms with van der Waals surface area (Å²) in [5.41, 5.74) is 1.24. The molecule has 0 bridgehead atoms. The maximum atomic E-state index is 11.9. The van der Waals surface area contributed by atoms with Gasteiger partial charge in [-0.15, -0.1) is 5.10 Å². The molecule has 196 valence electrons. The quantitative estimate of drug-likeness (QED) is 0.158. The van der Waals surface area contributed by atoms with Gasteiger partial charge in [0.15, 0.2) is 29.1 Å². The summed E-state index contributed by atoms with van der Waals surface area (Å²) in [6, 6.07) is 9.32. The topological polar surface area (TPSA) is 222 Å². The number of ether oxygens (including phenoxy) is 1. The van der Waals surface area contributed by atoms with Crippen LogP contribution < -0.4 is 5.32 Å². The first-order valence-electron chi connectivity index (χ1n) is 10.5. The van der Waals surface area contributed by atoms with Crippen LogP contribution in [0.25, 0.3) is 11.2 Å². The van der Waals surface area contributed by atoms with E-state index in [-0.39, 0.29) is 28.3 Å². The van der Waals surface area contributed by atoms with E-state index < -0.39 is 52.2 Å². The fourth-order valence-electron chi connectivity index (χ4n) is 3.64. The van der Waals surface area contributed by atoms with Crippen LogP contribution in [0.5, 0.6) is 0 Å². The zero-order chi connectivity index (χ0) is 26.3. The molecule has 6 atom stereocenters. The number of halogens is 1. The highest BCUT2D eigenvalue weighted by atomic mass is 35.5. The monoisotopic (exact) mass is 564 g/mol. The van der Waals surface area contributed by atoms with E-state index in [4.69, 9.17) is 30.6 Å². The molecule has 1 fully saturated rings. The highest BCUT2D eigenvalue weighted by Crippen LogP contribution is 2.55. The normalized spacial score (nSPS) is 25.1. The Morgan fingerprint density at radius 3 is 2.53 bits per heavy atom. The molecule has 1 aromatic carbocycles. The van der Waals surface area contributed by atoms with E-state index in [1.54, 1.807) is 0 Å². The molecule has 0 radical (unpaired) electrons. The largest absolute Gasteiger partial charge is 0.387 e. The fourth-order valence-corrected chi connectivity index (χ4v) is 6.37. The first-order valence-corrected chi connectivity index (χ1v) is 14.4. The van der Waals surface area contributed by atoms with Crippen LogP contribution in [-0.4, -0.2) is 80.7 Å². The Balaban J connectivity index is 1.55. The zero-order valence-electron chi connectivity index (χ0n) is 18.6. The van der Waals surface area contributed by atoms with Crippen molar-refractivity contribution in [1.29, 1.82) is 0 Å². The number of aliphatic hydroxyl groups excluding tert-OH is 2. The number of aromatic nitrogens is 5. The van der Waals surface area contributed by atoms with Gasteiger partial charge in [-0.2, -0.15) is 14.6 Å². The minimum Gasteiger partial charge on any atom is -0.387 e. The van der Waals surface area contributed by atoms with E-state index in [1.165, 1.54) is 0 Å². The number of anilines is 1. The number of nitrogens with zero attached hydrogens (tertiary/aromatic N) is 5. The van der Waals surface area contributed by atoms with Crippen molar-refractivity contribution >= 4 is 43.8 Å². The van der Waals surface area contributed by atoms with Gasteiger partial charge in [-0.3, -0.25) is 9.13 Å². The molecule has 0 spiro atoms. The van der Waals surface area contributed by atoms with Crippen molar-refractivity contribution < 1.29 is 43.3 Å². The number of hydrogen-bond acceptors (Lipinski definition) is 11. The van der Waals surface area contributed by atoms with Crippen LogP contribution in [0, 0.1) is 0 Å². The Kier molecular flexibility index (Phi) is 7.79. The Labute approximate surface area is 208 Å². The Morgan fingerprint density at radius 2 is 1.86 bits per heavy atom. The molecule has 4 rings (SSSR count). The second-order valence-electron chi connectivity index (χ2n) is 8.11. The van der Waals surface area contributed by atoms with E-state index in [1.807, 2.05) is 37.3 Å². The Hall–Kier alpha value is -2.03. The van der Waals surface area contributed by atoms with Crippen molar-refractivity contribution in [2.75, 3.05) is 17.8 Å². The molecule has 1 saturated heterocycles. The van der Waals surface area contributed by atoms with Crippen molar-refractivity contribution in [3.05, 3.63) is 41.2 Å². The van der Waals surface area contributed by atoms with Gasteiger partial charge in [0, 0.05) is 0 Å². The summed E-state index contributed by atoms with van der Waals surface area (Å²) in [6.07, 6.45) is -5.87. The molecule has 2 aromatic heterocycles. The standard InChI is InChI=1S/C18H23ClN6O9P2/c1-9(10-5-3-2-4-6-10)20-15-12-16(22-18(19)21-15)25(24-23-12)17-14(27)13(26)11(34-17)7-33-36(31,32)8-35(28,29)30/h2-6,9,11,13-14,17,26-27H,7-8H2,1H3,(H,31,32)(H,20,21,22)(H2,28,29,30)/t9-,11+,13+,14+,17+/m0/s1. The Bertz CT molecular complexity index is 1330. The van der Waals surface area contributed by atoms with Crippen molar-refractivity contribution in [1.82, 2.24) is 25.0 Å². The summed E-state index contributed by atoms with van der Waals surface area (Å²) in [5, 5.41) is 32.0. The number of rotatable bonds is 9. The van der Waals surface area contributed by atoms with Gasteiger partial charge in [0.25, 0.3) is 0 Å². The zero-order valence-corrected chi connectivity index (χ0v) is 21.1. The maximum Gasteiger partial charge on any atom is 0.340 e. The second kappa shape index (κ2) is 10.4. The van der Waals surface area contributed by atoms with E-state index in [2.05, 4.69) is 25.6 Å². The minimum absolute atomic E-state index is 0.0740. The SMILES string of the molecule is C[C@H](Nc1nc(Cl)nc2c1nnn2[C@@H]1O[C@H](COP(=O)(O)CP(=O)(O)O)[C@@H](O)[C@H]1O)c1ccccc1. The van der Waals surface area contributed by atoms with Gasteiger partial charge in [0.05, 0.1) is 12.6 Å². The highest BCUT2D eigenvalue weighted by molar-refractivity contribution is 7.70. The molecule has 36 heavy (non-hydrogen) atoms. The number of aliphatic hydroxyl groups is 2. The lowest BCUT2D eigenvalue weighted by molar-refractivity contribution is -0.0549. The molecular weight excluding hydrogens is 542 g/mol. The third kappa shape index (κ3) is 6.09. The average molecular weight is 565 g/mol. The molecule has 6 N–H and O–H groups in total. The molecule has 3 heterocycles. The third-order valence-corrected chi connectivity index (χ3v) is 8.96. The van der Waals surface area contributed by atoms with E-state index in [0.29, 0.717) is 0 Å². The first kappa shape index (κ1) is 27.0. The summed E-state index contributed by atoms with van der Waals surface area (Å²) >= 11 is 6.11. The number of benzene rings is 1. The maximum absolute atomic E-state index is 11.9. The van der Waals surface area contributed by atoms with E-state index in [0.717, 1.165) is 10.2 Å². The molecule has 0 amide bonds. The molecule has 1 unspecified atom stereocenters. The predicted octanol–water partition coefficient (Wildman–Crippen LogP) is 1.00. The van der Waals surface area contributed by atoms with Crippen LogP contribution >= 0.6 is 26.8 Å². The van der Waals surface area contributed by atoms with Crippen LogP contribution in [0.15, 0.2) is 30.3 Å². The molecule has 0 aliphatic carbocycles. The van der Waals surface area contributed by atoms with Crippen molar-refractivity contribution in [2.45, 2.75) is 37.5 Å². The second-order valence-corrected chi connectivity index (χ2v) is 12.4. The number of nitrogens with one attached hydrogen (secondary N) is 1. The minimum atomic E-state index is -4.84. The lowest BCUT2D eigenvalue weighted by Crippen LogP contribution is -2.33. The molecule has 0 saturated carbocycles. The summed E-state index contributed by atoms with van der Waals surface area (Å²) in [5.74, 6) is -1.14. The highest BCUT2D eigenvalue weighted by Gasteiger charge is 2.46. The molecule has 18 heteroatoms. The van der Waals surface area contributed by atoms with Crippen LogP contribution in [0.2, 0.25) is 5.28 Å². The molecule has 15 nitrogen and oxygen atoms in total. The molecule has 1 aliphatic heterocycles. The van der Waals surface area contributed by atoms with Gasteiger partial charge in [0.2, 0.25) is 5.28 Å². The molecule has 1 aliphatic rings. The van der Waals surface area contributed by atoms with Gasteiger partial charge < -0.3 is 39.5 Å². The fraction of sp³-hybridized carbons (Fsp3) is 0.444. The Morgan fingerprint density at radius 1 is 1.17 bits per heavy atom. The third-order valence-electron chi connectivity index (χ3n) is 5.33. The summed E-state index contributed by atoms with van der Waals surface area (Å²) in [4.78, 5) is 35.7. The van der Waals surface area contributed by atoms with Gasteiger partial charge in [0.1, 0.15) is 18.3 Å². The lowest BCUT2D eigenvalue weighted by atomic mass is 10.1. The van der Waals surface area contributed by atoms with Crippen LogP contribution in [0.1, 0.15) is 24.8 Å². The predicted molar refractivity (Wildman–Crippen MR) is 125 cm³/mol. The van der Waals surface area contributed by atoms with Crippen molar-refractivity contribution in [2.24, 2.45) is 0 Å². The van der Waals surface area contributed by atoms with Gasteiger partial charge in [-0.25, -0.2) is 0 Å². The number of fused-ring (bicyclic) bond motifs is 1. The first-order chi connectivity index (χ1) is 16.8. The number of hydrogen-bond donors (Lipinski definition) is 6. The smallest absolute Gasteiger partial charge is 0.340 e. The van der Waals surface area contributed by atoms with Crippen molar-refractivity contribution in [3.63, 3.8) is 0 Å². The van der Waals surface area contributed by atoms with Gasteiger partial charge in [-0.05, 0) is 24.1 Å². The van der Waals surface area contributed by atoms with Crippen LogP contribution in [-0.2, 0) is 18.4 Å². The lowest BCUT2D eigenvalue weighted by Gasteiger charge is -2.18. The van der Waals surface area contributed by atoms with Gasteiger partial charge in [-0.1, -0.05) is 35.5 Å². The summed E-state index contributed by atoms with van der Waals surface area (Å²) in [7, 11) is -9.54. The molecule has 3 aromatic rings. The van der Waals surface area contributed by atoms with Crippen LogP contribution in [0.4, 0.5) is 5.82 Å². The van der Waals surface area contributed by atoms with Crippen LogP contribution in [0.3, 0.4) is 0 Å². The summed E-state index contributed by atoms with van der Waals surface area (Å²) in [6.45, 7) is 1.16. The average Bonchev–Trinajstić information content (AvgIpc) is 3.32. The van der Waals surface area contributed by atoms with E-state index >= 15 is 0 Å². The summed E-state index contributed by atoms with van der Waals surface area (Å²) < 4.78 is 34.3. The van der Waals surface area contributed by atoms with Crippen molar-refractivity contribution in [3.8, 4) is 0 Å². The van der Waals surface area contributed by atoms with Gasteiger partial charge >= 0.3 is 15.2 Å². The van der Waals surface area contributed by atoms with E-state index in [9.17, 15) is 24.2 Å². The molecular formula is C18H23ClN6O9P2.